The molecule has 34 heavy (non-hydrogen) atoms. The molecule has 0 spiro atoms. The Labute approximate surface area is 202 Å². The molecule has 178 valence electrons. The number of aromatic nitrogens is 1. The summed E-state index contributed by atoms with van der Waals surface area (Å²) in [6.07, 6.45) is 1.48. The number of hydrogen-bond donors (Lipinski definition) is 3. The number of amidine groups is 1. The standard InChI is InChI=1S/C22H20ClFN4O5S/c1-20-9-22(20,18(31)32)34-19(25)28-21(20,2)13-7-11(6-12(15(13)24)17(30)33-3)27-16(29)14-5-4-10(23)8-26-14/h4-8H,9H2,1-3H3,(H2,25,28)(H,27,29)(H,31,32)/t20?,21-,22-/m1/s1. The van der Waals surface area contributed by atoms with Crippen LogP contribution in [0.2, 0.25) is 5.02 Å². The summed E-state index contributed by atoms with van der Waals surface area (Å²) in [4.78, 5) is 45.6. The van der Waals surface area contributed by atoms with Crippen molar-refractivity contribution in [3.63, 3.8) is 0 Å². The molecule has 2 heterocycles. The molecule has 1 fully saturated rings. The average molecular weight is 507 g/mol. The van der Waals surface area contributed by atoms with Gasteiger partial charge in [0.2, 0.25) is 0 Å². The smallest absolute Gasteiger partial charge is 0.340 e. The van der Waals surface area contributed by atoms with Gasteiger partial charge in [0, 0.05) is 22.9 Å². The van der Waals surface area contributed by atoms with E-state index in [0.29, 0.717) is 5.02 Å². The van der Waals surface area contributed by atoms with Crippen LogP contribution in [0.5, 0.6) is 0 Å². The number of carboxylic acid groups (broad SMARTS) is 1. The van der Waals surface area contributed by atoms with E-state index >= 15 is 4.39 Å². The summed E-state index contributed by atoms with van der Waals surface area (Å²) in [5, 5.41) is 12.8. The molecule has 0 bridgehead atoms. The summed E-state index contributed by atoms with van der Waals surface area (Å²) in [7, 11) is 1.09. The normalized spacial score (nSPS) is 27.3. The van der Waals surface area contributed by atoms with Crippen LogP contribution < -0.4 is 11.1 Å². The van der Waals surface area contributed by atoms with E-state index in [1.54, 1.807) is 13.8 Å². The summed E-state index contributed by atoms with van der Waals surface area (Å²) in [6, 6.07) is 5.34. The lowest BCUT2D eigenvalue weighted by Crippen LogP contribution is -2.45. The quantitative estimate of drug-likeness (QED) is 0.523. The maximum atomic E-state index is 15.7. The molecule has 4 rings (SSSR count). The fourth-order valence-corrected chi connectivity index (χ4v) is 6.01. The Hall–Kier alpha value is -3.18. The van der Waals surface area contributed by atoms with Gasteiger partial charge in [0.1, 0.15) is 16.3 Å². The van der Waals surface area contributed by atoms with Gasteiger partial charge in [-0.05, 0) is 37.6 Å². The van der Waals surface area contributed by atoms with E-state index in [0.717, 1.165) is 24.9 Å². The number of halogens is 2. The number of thioether (sulfide) groups is 1. The molecule has 1 aromatic heterocycles. The Kier molecular flexibility index (Phi) is 5.60. The first-order chi connectivity index (χ1) is 15.9. The molecule has 4 N–H and O–H groups in total. The molecule has 1 aliphatic carbocycles. The number of nitrogens with zero attached hydrogens (tertiary/aromatic N) is 2. The summed E-state index contributed by atoms with van der Waals surface area (Å²) >= 11 is 6.74. The Morgan fingerprint density at radius 3 is 2.59 bits per heavy atom. The highest BCUT2D eigenvalue weighted by Gasteiger charge is 2.79. The number of carbonyl (C=O) groups excluding carboxylic acids is 2. The molecular formula is C22H20ClFN4O5S. The largest absolute Gasteiger partial charge is 0.480 e. The van der Waals surface area contributed by atoms with Crippen LogP contribution in [0.4, 0.5) is 10.1 Å². The van der Waals surface area contributed by atoms with Crippen molar-refractivity contribution in [3.05, 3.63) is 58.1 Å². The third-order valence-electron chi connectivity index (χ3n) is 6.62. The second-order valence-electron chi connectivity index (χ2n) is 8.46. The number of fused-ring (bicyclic) bond motifs is 1. The molecule has 9 nitrogen and oxygen atoms in total. The summed E-state index contributed by atoms with van der Waals surface area (Å²) in [5.74, 6) is -3.63. The molecule has 1 unspecified atom stereocenters. The molecule has 0 radical (unpaired) electrons. The van der Waals surface area contributed by atoms with E-state index in [1.807, 2.05) is 0 Å². The number of ether oxygens (including phenoxy) is 1. The van der Waals surface area contributed by atoms with Crippen molar-refractivity contribution in [2.24, 2.45) is 16.1 Å². The maximum Gasteiger partial charge on any atom is 0.340 e. The van der Waals surface area contributed by atoms with Crippen molar-refractivity contribution < 1.29 is 28.6 Å². The SMILES string of the molecule is COC(=O)c1cc(NC(=O)c2ccc(Cl)cn2)cc([C@@]2(C)N=C(N)S[C@@]3(C(=O)O)CC32C)c1F. The van der Waals surface area contributed by atoms with Gasteiger partial charge in [0.15, 0.2) is 5.17 Å². The van der Waals surface area contributed by atoms with Crippen molar-refractivity contribution in [2.75, 3.05) is 12.4 Å². The summed E-state index contributed by atoms with van der Waals surface area (Å²) in [6.45, 7) is 3.25. The monoisotopic (exact) mass is 506 g/mol. The third kappa shape index (κ3) is 3.41. The van der Waals surface area contributed by atoms with Gasteiger partial charge >= 0.3 is 11.9 Å². The molecule has 3 atom stereocenters. The number of rotatable bonds is 5. The molecule has 0 saturated heterocycles. The molecular weight excluding hydrogens is 487 g/mol. The van der Waals surface area contributed by atoms with E-state index in [-0.39, 0.29) is 28.5 Å². The lowest BCUT2D eigenvalue weighted by atomic mass is 9.75. The Morgan fingerprint density at radius 1 is 1.29 bits per heavy atom. The van der Waals surface area contributed by atoms with Gasteiger partial charge in [-0.25, -0.2) is 14.2 Å². The first-order valence-electron chi connectivity index (χ1n) is 10.0. The van der Waals surface area contributed by atoms with E-state index in [4.69, 9.17) is 22.1 Å². The van der Waals surface area contributed by atoms with Crippen molar-refractivity contribution >= 4 is 52.1 Å². The highest BCUT2D eigenvalue weighted by molar-refractivity contribution is 8.15. The predicted octanol–water partition coefficient (Wildman–Crippen LogP) is 3.42. The number of hydrogen-bond acceptors (Lipinski definition) is 8. The summed E-state index contributed by atoms with van der Waals surface area (Å²) < 4.78 is 19.2. The van der Waals surface area contributed by atoms with Crippen LogP contribution in [0.25, 0.3) is 0 Å². The first kappa shape index (κ1) is 24.0. The third-order valence-corrected chi connectivity index (χ3v) is 8.26. The number of pyridine rings is 1. The van der Waals surface area contributed by atoms with Crippen LogP contribution >= 0.6 is 23.4 Å². The fraction of sp³-hybridized carbons (Fsp3) is 0.318. The topological polar surface area (TPSA) is 144 Å². The van der Waals surface area contributed by atoms with E-state index in [1.165, 1.54) is 24.4 Å². The zero-order valence-electron chi connectivity index (χ0n) is 18.3. The van der Waals surface area contributed by atoms with Gasteiger partial charge in [0.05, 0.1) is 23.2 Å². The van der Waals surface area contributed by atoms with Gasteiger partial charge in [0.25, 0.3) is 5.91 Å². The van der Waals surface area contributed by atoms with Crippen molar-refractivity contribution in [3.8, 4) is 0 Å². The van der Waals surface area contributed by atoms with Crippen LogP contribution in [0.1, 0.15) is 46.7 Å². The Morgan fingerprint density at radius 2 is 2.00 bits per heavy atom. The van der Waals surface area contributed by atoms with Gasteiger partial charge in [-0.2, -0.15) is 0 Å². The zero-order valence-corrected chi connectivity index (χ0v) is 19.9. The van der Waals surface area contributed by atoms with Crippen LogP contribution in [0, 0.1) is 11.2 Å². The molecule has 1 aliphatic heterocycles. The van der Waals surface area contributed by atoms with Crippen LogP contribution in [-0.2, 0) is 15.1 Å². The van der Waals surface area contributed by atoms with Crippen molar-refractivity contribution in [1.29, 1.82) is 0 Å². The second kappa shape index (κ2) is 7.95. The lowest BCUT2D eigenvalue weighted by molar-refractivity contribution is -0.138. The molecule has 1 saturated carbocycles. The number of aliphatic imine (C=N–C) groups is 1. The minimum Gasteiger partial charge on any atom is -0.480 e. The van der Waals surface area contributed by atoms with Crippen LogP contribution in [0.15, 0.2) is 35.5 Å². The van der Waals surface area contributed by atoms with Crippen molar-refractivity contribution in [1.82, 2.24) is 4.98 Å². The molecule has 1 aromatic carbocycles. The first-order valence-corrected chi connectivity index (χ1v) is 11.2. The predicted molar refractivity (Wildman–Crippen MR) is 125 cm³/mol. The number of benzene rings is 1. The molecule has 2 aliphatic rings. The number of methoxy groups -OCH3 is 1. The molecule has 1 amide bonds. The van der Waals surface area contributed by atoms with E-state index in [9.17, 15) is 19.5 Å². The van der Waals surface area contributed by atoms with E-state index in [2.05, 4.69) is 15.3 Å². The highest BCUT2D eigenvalue weighted by Crippen LogP contribution is 2.75. The summed E-state index contributed by atoms with van der Waals surface area (Å²) in [5.41, 5.74) is 3.07. The number of aliphatic carboxylic acids is 1. The number of carbonyl (C=O) groups is 3. The zero-order chi connectivity index (χ0) is 25.1. The molecule has 12 heteroatoms. The number of esters is 1. The van der Waals surface area contributed by atoms with E-state index < -0.39 is 44.9 Å². The number of nitrogens with two attached hydrogens (primary N) is 1. The highest BCUT2D eigenvalue weighted by atomic mass is 35.5. The lowest BCUT2D eigenvalue weighted by Gasteiger charge is -2.39. The fourth-order valence-electron chi connectivity index (χ4n) is 4.44. The van der Waals surface area contributed by atoms with Gasteiger partial charge in [-0.3, -0.25) is 14.6 Å². The van der Waals surface area contributed by atoms with Gasteiger partial charge in [-0.1, -0.05) is 30.3 Å². The molecule has 2 aromatic rings. The van der Waals surface area contributed by atoms with Gasteiger partial charge < -0.3 is 20.9 Å². The van der Waals surface area contributed by atoms with Crippen LogP contribution in [0.3, 0.4) is 0 Å². The Balaban J connectivity index is 1.85. The number of nitrogens with one attached hydrogen (secondary N) is 1. The Bertz CT molecular complexity index is 1270. The maximum absolute atomic E-state index is 15.7. The second-order valence-corrected chi connectivity index (χ2v) is 10.2. The minimum absolute atomic E-state index is 0.0151. The number of carboxylic acids is 1. The minimum atomic E-state index is -1.45. The van der Waals surface area contributed by atoms with Crippen molar-refractivity contribution in [2.45, 2.75) is 30.6 Å². The average Bonchev–Trinajstić information content (AvgIpc) is 3.42. The number of anilines is 1. The number of amides is 1. The van der Waals surface area contributed by atoms with Crippen LogP contribution in [-0.4, -0.2) is 45.0 Å². The van der Waals surface area contributed by atoms with Gasteiger partial charge in [-0.15, -0.1) is 0 Å².